The lowest BCUT2D eigenvalue weighted by atomic mass is 9.92. The number of benzene rings is 1. The van der Waals surface area contributed by atoms with E-state index in [4.69, 9.17) is 16.9 Å². The molecule has 0 atom stereocenters. The smallest absolute Gasteiger partial charge is 0.143 e. The Morgan fingerprint density at radius 2 is 1.88 bits per heavy atom. The third-order valence-corrected chi connectivity index (χ3v) is 4.62. The van der Waals surface area contributed by atoms with E-state index in [-0.39, 0.29) is 11.2 Å². The van der Waals surface area contributed by atoms with Gasteiger partial charge in [-0.1, -0.05) is 44.9 Å². The minimum atomic E-state index is -0.225. The van der Waals surface area contributed by atoms with Crippen LogP contribution >= 0.6 is 0 Å². The Morgan fingerprint density at radius 1 is 1.16 bits per heavy atom. The number of phenolic OH excluding ortho intramolecular Hbond substituents is 1. The average Bonchev–Trinajstić information content (AvgIpc) is 2.79. The summed E-state index contributed by atoms with van der Waals surface area (Å²) in [4.78, 5) is 4.65. The van der Waals surface area contributed by atoms with E-state index >= 15 is 0 Å². The molecule has 0 fully saturated rings. The first-order valence-electron chi connectivity index (χ1n) is 10.8. The molecule has 170 valence electrons. The first-order valence-corrected chi connectivity index (χ1v) is 10.8. The minimum Gasteiger partial charge on any atom is -0.506 e. The number of nitrogens with two attached hydrogens (primary N) is 2. The molecular formula is C26H35N5O. The average molecular weight is 434 g/mol. The third kappa shape index (κ3) is 7.61. The SMILES string of the molecule is CCCC(/C=C\C(=N)C=C(C)C)=Nc1cc(NC2=CC(C)(C)C=C(N)C=C2)c(N)cc1O. The molecule has 0 aromatic heterocycles. The molecule has 0 unspecified atom stereocenters. The molecule has 1 aromatic rings. The predicted molar refractivity (Wildman–Crippen MR) is 138 cm³/mol. The summed E-state index contributed by atoms with van der Waals surface area (Å²) >= 11 is 0. The van der Waals surface area contributed by atoms with Gasteiger partial charge in [-0.2, -0.15) is 0 Å². The number of nitrogens with zero attached hydrogens (tertiary/aromatic N) is 1. The highest BCUT2D eigenvalue weighted by Crippen LogP contribution is 2.36. The molecular weight excluding hydrogens is 398 g/mol. The zero-order valence-electron chi connectivity index (χ0n) is 19.7. The highest BCUT2D eigenvalue weighted by atomic mass is 16.3. The fourth-order valence-corrected chi connectivity index (χ4v) is 3.31. The van der Waals surface area contributed by atoms with Crippen LogP contribution in [0.3, 0.4) is 0 Å². The monoisotopic (exact) mass is 433 g/mol. The standard InChI is InChI=1S/C26H35N5O/c1-6-7-20(10-8-18(27)12-17(2)3)30-24-14-23(22(29)13-25(24)32)31-21-11-9-19(28)15-26(4,5)16-21/h8-16,27,31-32H,6-7,28-29H2,1-5H3/b10-8-,27-18?,30-20?. The van der Waals surface area contributed by atoms with Crippen LogP contribution in [0.5, 0.6) is 5.75 Å². The maximum atomic E-state index is 10.5. The van der Waals surface area contributed by atoms with Gasteiger partial charge in [-0.05, 0) is 56.7 Å². The van der Waals surface area contributed by atoms with E-state index in [0.717, 1.165) is 29.8 Å². The minimum absolute atomic E-state index is 0.00561. The molecule has 0 bridgehead atoms. The Hall–Kier alpha value is -3.54. The Bertz CT molecular complexity index is 1050. The fourth-order valence-electron chi connectivity index (χ4n) is 3.31. The molecule has 0 spiro atoms. The van der Waals surface area contributed by atoms with Crippen LogP contribution in [-0.4, -0.2) is 16.5 Å². The summed E-state index contributed by atoms with van der Waals surface area (Å²) in [6.07, 6.45) is 14.7. The molecule has 1 aromatic carbocycles. The van der Waals surface area contributed by atoms with E-state index in [2.05, 4.69) is 37.2 Å². The quantitative estimate of drug-likeness (QED) is 0.192. The Labute approximate surface area is 191 Å². The van der Waals surface area contributed by atoms with Crippen molar-refractivity contribution in [2.75, 3.05) is 11.1 Å². The number of aliphatic imine (C=N–C) groups is 1. The van der Waals surface area contributed by atoms with Gasteiger partial charge in [0, 0.05) is 28.6 Å². The molecule has 2 rings (SSSR count). The van der Waals surface area contributed by atoms with Crippen molar-refractivity contribution in [2.45, 2.75) is 47.5 Å². The Morgan fingerprint density at radius 3 is 2.53 bits per heavy atom. The van der Waals surface area contributed by atoms with Crippen LogP contribution in [0.4, 0.5) is 17.1 Å². The number of aromatic hydroxyl groups is 1. The first-order chi connectivity index (χ1) is 15.0. The van der Waals surface area contributed by atoms with Gasteiger partial charge in [0.1, 0.15) is 11.4 Å². The maximum Gasteiger partial charge on any atom is 0.143 e. The van der Waals surface area contributed by atoms with Gasteiger partial charge in [0.25, 0.3) is 0 Å². The zero-order chi connectivity index (χ0) is 23.9. The summed E-state index contributed by atoms with van der Waals surface area (Å²) in [6, 6.07) is 3.23. The van der Waals surface area contributed by atoms with Crippen molar-refractivity contribution in [3.63, 3.8) is 0 Å². The topological polar surface area (TPSA) is 121 Å². The number of anilines is 2. The Kier molecular flexibility index (Phi) is 8.24. The van der Waals surface area contributed by atoms with Gasteiger partial charge in [0.05, 0.1) is 17.1 Å². The van der Waals surface area contributed by atoms with E-state index in [1.165, 1.54) is 6.07 Å². The molecule has 0 saturated carbocycles. The number of hydrogen-bond acceptors (Lipinski definition) is 6. The van der Waals surface area contributed by atoms with Crippen LogP contribution in [0.25, 0.3) is 0 Å². The van der Waals surface area contributed by atoms with Crippen molar-refractivity contribution in [2.24, 2.45) is 16.1 Å². The number of nitrogens with one attached hydrogen (secondary N) is 2. The molecule has 1 aliphatic rings. The largest absolute Gasteiger partial charge is 0.506 e. The van der Waals surface area contributed by atoms with Gasteiger partial charge in [0.15, 0.2) is 0 Å². The predicted octanol–water partition coefficient (Wildman–Crippen LogP) is 6.12. The fraction of sp³-hybridized carbons (Fsp3) is 0.308. The van der Waals surface area contributed by atoms with Crippen molar-refractivity contribution < 1.29 is 5.11 Å². The van der Waals surface area contributed by atoms with Crippen LogP contribution in [0, 0.1) is 10.8 Å². The molecule has 0 aliphatic heterocycles. The molecule has 0 radical (unpaired) electrons. The van der Waals surface area contributed by atoms with Crippen LogP contribution in [0.2, 0.25) is 0 Å². The van der Waals surface area contributed by atoms with Crippen molar-refractivity contribution in [3.8, 4) is 5.75 Å². The zero-order valence-corrected chi connectivity index (χ0v) is 19.7. The highest BCUT2D eigenvalue weighted by molar-refractivity contribution is 6.07. The molecule has 1 aliphatic carbocycles. The van der Waals surface area contributed by atoms with Crippen molar-refractivity contribution in [1.29, 1.82) is 5.41 Å². The molecule has 0 heterocycles. The van der Waals surface area contributed by atoms with Crippen molar-refractivity contribution in [3.05, 3.63) is 71.6 Å². The number of phenols is 1. The maximum absolute atomic E-state index is 10.5. The van der Waals surface area contributed by atoms with Gasteiger partial charge in [0.2, 0.25) is 0 Å². The van der Waals surface area contributed by atoms with Crippen molar-refractivity contribution >= 4 is 28.5 Å². The van der Waals surface area contributed by atoms with E-state index in [1.54, 1.807) is 18.2 Å². The second kappa shape index (κ2) is 10.7. The summed E-state index contributed by atoms with van der Waals surface area (Å²) in [5.41, 5.74) is 17.2. The molecule has 0 amide bonds. The third-order valence-electron chi connectivity index (χ3n) is 4.62. The first kappa shape index (κ1) is 24.7. The number of nitrogen functional groups attached to an aromatic ring is 1. The summed E-state index contributed by atoms with van der Waals surface area (Å²) in [7, 11) is 0. The lowest BCUT2D eigenvalue weighted by Crippen LogP contribution is -2.08. The van der Waals surface area contributed by atoms with Gasteiger partial charge in [-0.3, -0.25) is 0 Å². The number of hydrogen-bond donors (Lipinski definition) is 5. The molecule has 6 heteroatoms. The lowest BCUT2D eigenvalue weighted by molar-refractivity contribution is 0.477. The highest BCUT2D eigenvalue weighted by Gasteiger charge is 2.16. The summed E-state index contributed by atoms with van der Waals surface area (Å²) in [5, 5.41) is 21.8. The van der Waals surface area contributed by atoms with Gasteiger partial charge in [-0.25, -0.2) is 4.99 Å². The van der Waals surface area contributed by atoms with Crippen molar-refractivity contribution in [1.82, 2.24) is 0 Å². The molecule has 32 heavy (non-hydrogen) atoms. The summed E-state index contributed by atoms with van der Waals surface area (Å²) in [6.45, 7) is 10.1. The normalized spacial score (nSPS) is 15.7. The van der Waals surface area contributed by atoms with Gasteiger partial charge < -0.3 is 27.3 Å². The second-order valence-electron chi connectivity index (χ2n) is 8.82. The Balaban J connectivity index is 2.39. The van der Waals surface area contributed by atoms with E-state index in [1.807, 2.05) is 38.2 Å². The molecule has 7 N–H and O–H groups in total. The van der Waals surface area contributed by atoms with Gasteiger partial charge >= 0.3 is 0 Å². The van der Waals surface area contributed by atoms with E-state index in [9.17, 15) is 5.11 Å². The van der Waals surface area contributed by atoms with Crippen LogP contribution in [0.1, 0.15) is 47.5 Å². The lowest BCUT2D eigenvalue weighted by Gasteiger charge is -2.18. The van der Waals surface area contributed by atoms with E-state index < -0.39 is 0 Å². The molecule has 0 saturated heterocycles. The van der Waals surface area contributed by atoms with Crippen LogP contribution < -0.4 is 16.8 Å². The second-order valence-corrected chi connectivity index (χ2v) is 8.82. The molecule has 6 nitrogen and oxygen atoms in total. The summed E-state index contributed by atoms with van der Waals surface area (Å²) in [5.74, 6) is 0.00561. The van der Waals surface area contributed by atoms with E-state index in [0.29, 0.717) is 28.5 Å². The van der Waals surface area contributed by atoms with Crippen LogP contribution in [0.15, 0.2) is 76.6 Å². The summed E-state index contributed by atoms with van der Waals surface area (Å²) < 4.78 is 0. The number of rotatable bonds is 8. The number of allylic oxidation sites excluding steroid dienone is 8. The van der Waals surface area contributed by atoms with Crippen LogP contribution in [-0.2, 0) is 0 Å². The van der Waals surface area contributed by atoms with Gasteiger partial charge in [-0.15, -0.1) is 0 Å².